The summed E-state index contributed by atoms with van der Waals surface area (Å²) in [5, 5.41) is 3.42. The Balaban J connectivity index is 0.00000128. The smallest absolute Gasteiger partial charge is 0.00463 e. The first kappa shape index (κ1) is 13.5. The minimum atomic E-state index is 0. The van der Waals surface area contributed by atoms with Gasteiger partial charge < -0.3 is 5.32 Å². The second kappa shape index (κ2) is 7.70. The molecule has 0 saturated carbocycles. The molecule has 1 aromatic rings. The van der Waals surface area contributed by atoms with Crippen LogP contribution in [0.25, 0.3) is 0 Å². The van der Waals surface area contributed by atoms with Gasteiger partial charge in [0.05, 0.1) is 0 Å². The maximum absolute atomic E-state index is 3.42. The second-order valence-electron chi connectivity index (χ2n) is 4.57. The number of halogens is 1. The van der Waals surface area contributed by atoms with Crippen molar-refractivity contribution in [1.82, 2.24) is 5.32 Å². The Hall–Kier alpha value is -0.530. The fourth-order valence-electron chi connectivity index (χ4n) is 2.41. The van der Waals surface area contributed by atoms with Gasteiger partial charge in [-0.1, -0.05) is 36.8 Å². The maximum Gasteiger partial charge on any atom is -0.00463 e. The predicted molar refractivity (Wildman–Crippen MR) is 72.2 cm³/mol. The molecule has 0 unspecified atom stereocenters. The molecule has 1 N–H and O–H groups in total. The number of nitrogens with one attached hydrogen (secondary N) is 1. The third-order valence-corrected chi connectivity index (χ3v) is 3.38. The topological polar surface area (TPSA) is 12.0 Å². The Labute approximate surface area is 105 Å². The zero-order chi connectivity index (χ0) is 10.3. The number of rotatable bonds is 4. The molecule has 0 amide bonds. The fourth-order valence-corrected chi connectivity index (χ4v) is 2.41. The van der Waals surface area contributed by atoms with Crippen molar-refractivity contribution in [2.24, 2.45) is 5.92 Å². The molecule has 0 aliphatic carbocycles. The molecule has 1 nitrogen and oxygen atoms in total. The van der Waals surface area contributed by atoms with Gasteiger partial charge >= 0.3 is 0 Å². The normalized spacial score (nSPS) is 16.8. The molecule has 0 atom stereocenters. The highest BCUT2D eigenvalue weighted by Gasteiger charge is 2.11. The molecule has 1 aliphatic heterocycles. The molecular weight excluding hydrogens is 218 g/mol. The van der Waals surface area contributed by atoms with Gasteiger partial charge in [-0.3, -0.25) is 0 Å². The summed E-state index contributed by atoms with van der Waals surface area (Å²) >= 11 is 0. The molecule has 0 radical (unpaired) electrons. The van der Waals surface area contributed by atoms with Gasteiger partial charge in [-0.2, -0.15) is 0 Å². The second-order valence-corrected chi connectivity index (χ2v) is 4.57. The molecule has 1 aliphatic rings. The number of benzene rings is 1. The van der Waals surface area contributed by atoms with E-state index in [1.54, 1.807) is 0 Å². The monoisotopic (exact) mass is 239 g/mol. The van der Waals surface area contributed by atoms with Gasteiger partial charge in [0.2, 0.25) is 0 Å². The number of hydrogen-bond donors (Lipinski definition) is 1. The van der Waals surface area contributed by atoms with Crippen LogP contribution in [0.15, 0.2) is 30.3 Å². The Morgan fingerprint density at radius 1 is 1.06 bits per heavy atom. The maximum atomic E-state index is 3.42. The number of piperidine rings is 1. The lowest BCUT2D eigenvalue weighted by Crippen LogP contribution is -2.27. The van der Waals surface area contributed by atoms with Crippen molar-refractivity contribution in [2.75, 3.05) is 13.1 Å². The highest BCUT2D eigenvalue weighted by atomic mass is 35.5. The van der Waals surface area contributed by atoms with Crippen molar-refractivity contribution in [1.29, 1.82) is 0 Å². The molecule has 0 aromatic heterocycles. The van der Waals surface area contributed by atoms with E-state index < -0.39 is 0 Å². The molecule has 0 bridgehead atoms. The Kier molecular flexibility index (Phi) is 6.51. The van der Waals surface area contributed by atoms with E-state index in [1.807, 2.05) is 0 Å². The third-order valence-electron chi connectivity index (χ3n) is 3.38. The molecule has 90 valence electrons. The van der Waals surface area contributed by atoms with Crippen LogP contribution in [0.4, 0.5) is 0 Å². The average Bonchev–Trinajstić information content (AvgIpc) is 2.32. The van der Waals surface area contributed by atoms with E-state index in [2.05, 4.69) is 35.6 Å². The van der Waals surface area contributed by atoms with Gasteiger partial charge in [0.25, 0.3) is 0 Å². The highest BCUT2D eigenvalue weighted by molar-refractivity contribution is 5.85. The summed E-state index contributed by atoms with van der Waals surface area (Å²) in [7, 11) is 0. The van der Waals surface area contributed by atoms with Crippen LogP contribution < -0.4 is 5.32 Å². The van der Waals surface area contributed by atoms with Gasteiger partial charge in [0.15, 0.2) is 0 Å². The Morgan fingerprint density at radius 3 is 2.44 bits per heavy atom. The van der Waals surface area contributed by atoms with Crippen molar-refractivity contribution in [3.63, 3.8) is 0 Å². The van der Waals surface area contributed by atoms with Crippen molar-refractivity contribution in [3.8, 4) is 0 Å². The van der Waals surface area contributed by atoms with Crippen LogP contribution in [0.2, 0.25) is 0 Å². The summed E-state index contributed by atoms with van der Waals surface area (Å²) in [6, 6.07) is 10.8. The van der Waals surface area contributed by atoms with E-state index in [9.17, 15) is 0 Å². The van der Waals surface area contributed by atoms with Crippen molar-refractivity contribution in [2.45, 2.75) is 32.1 Å². The van der Waals surface area contributed by atoms with Gasteiger partial charge in [-0.15, -0.1) is 12.4 Å². The SMILES string of the molecule is Cl.c1ccc(CCCC2CCNCC2)cc1. The molecule has 1 heterocycles. The van der Waals surface area contributed by atoms with E-state index in [0.29, 0.717) is 0 Å². The van der Waals surface area contributed by atoms with Crippen LogP contribution >= 0.6 is 12.4 Å². The van der Waals surface area contributed by atoms with Crippen LogP contribution in [0, 0.1) is 5.92 Å². The minimum absolute atomic E-state index is 0. The molecule has 2 heteroatoms. The quantitative estimate of drug-likeness (QED) is 0.849. The molecule has 1 fully saturated rings. The highest BCUT2D eigenvalue weighted by Crippen LogP contribution is 2.19. The van der Waals surface area contributed by atoms with E-state index in [4.69, 9.17) is 0 Å². The standard InChI is InChI=1S/C14H21N.ClH/c1-2-5-13(6-3-1)7-4-8-14-9-11-15-12-10-14;/h1-3,5-6,14-15H,4,7-12H2;1H. The predicted octanol–water partition coefficient (Wildman–Crippen LogP) is 3.43. The largest absolute Gasteiger partial charge is 0.317 e. The lowest BCUT2D eigenvalue weighted by Gasteiger charge is -2.22. The molecule has 1 saturated heterocycles. The fraction of sp³-hybridized carbons (Fsp3) is 0.571. The van der Waals surface area contributed by atoms with Crippen molar-refractivity contribution < 1.29 is 0 Å². The van der Waals surface area contributed by atoms with Crippen LogP contribution in [0.5, 0.6) is 0 Å². The van der Waals surface area contributed by atoms with Crippen LogP contribution in [-0.2, 0) is 6.42 Å². The Morgan fingerprint density at radius 2 is 1.75 bits per heavy atom. The lowest BCUT2D eigenvalue weighted by atomic mass is 9.92. The summed E-state index contributed by atoms with van der Waals surface area (Å²) in [4.78, 5) is 0. The van der Waals surface area contributed by atoms with Gasteiger partial charge in [0.1, 0.15) is 0 Å². The zero-order valence-electron chi connectivity index (χ0n) is 9.82. The zero-order valence-corrected chi connectivity index (χ0v) is 10.6. The van der Waals surface area contributed by atoms with Crippen molar-refractivity contribution in [3.05, 3.63) is 35.9 Å². The lowest BCUT2D eigenvalue weighted by molar-refractivity contribution is 0.347. The summed E-state index contributed by atoms with van der Waals surface area (Å²) in [5.74, 6) is 0.981. The van der Waals surface area contributed by atoms with Gasteiger partial charge in [0, 0.05) is 0 Å². The Bertz CT molecular complexity index is 267. The van der Waals surface area contributed by atoms with Crippen LogP contribution in [0.1, 0.15) is 31.2 Å². The van der Waals surface area contributed by atoms with E-state index in [-0.39, 0.29) is 12.4 Å². The van der Waals surface area contributed by atoms with Gasteiger partial charge in [-0.05, 0) is 50.3 Å². The van der Waals surface area contributed by atoms with Crippen LogP contribution in [-0.4, -0.2) is 13.1 Å². The molecular formula is C14H22ClN. The van der Waals surface area contributed by atoms with Crippen LogP contribution in [0.3, 0.4) is 0 Å². The first-order valence-electron chi connectivity index (χ1n) is 6.20. The molecule has 16 heavy (non-hydrogen) atoms. The van der Waals surface area contributed by atoms with Gasteiger partial charge in [-0.25, -0.2) is 0 Å². The van der Waals surface area contributed by atoms with Crippen molar-refractivity contribution >= 4 is 12.4 Å². The minimum Gasteiger partial charge on any atom is -0.317 e. The molecule has 0 spiro atoms. The summed E-state index contributed by atoms with van der Waals surface area (Å²) < 4.78 is 0. The summed E-state index contributed by atoms with van der Waals surface area (Å²) in [6.07, 6.45) is 6.79. The first-order chi connectivity index (χ1) is 7.45. The third kappa shape index (κ3) is 4.54. The summed E-state index contributed by atoms with van der Waals surface area (Å²) in [5.41, 5.74) is 1.49. The van der Waals surface area contributed by atoms with E-state index >= 15 is 0 Å². The van der Waals surface area contributed by atoms with E-state index in [1.165, 1.54) is 50.8 Å². The number of hydrogen-bond acceptors (Lipinski definition) is 1. The average molecular weight is 240 g/mol. The summed E-state index contributed by atoms with van der Waals surface area (Å²) in [6.45, 7) is 2.46. The number of aryl methyl sites for hydroxylation is 1. The molecule has 2 rings (SSSR count). The molecule has 1 aromatic carbocycles. The van der Waals surface area contributed by atoms with E-state index in [0.717, 1.165) is 5.92 Å². The first-order valence-corrected chi connectivity index (χ1v) is 6.20.